The van der Waals surface area contributed by atoms with Gasteiger partial charge in [-0.2, -0.15) is 0 Å². The van der Waals surface area contributed by atoms with Gasteiger partial charge in [0.1, 0.15) is 17.7 Å². The third-order valence-corrected chi connectivity index (χ3v) is 3.03. The van der Waals surface area contributed by atoms with Crippen LogP contribution in [0.5, 0.6) is 5.75 Å². The van der Waals surface area contributed by atoms with E-state index in [1.54, 1.807) is 6.33 Å². The normalized spacial score (nSPS) is 10.8. The van der Waals surface area contributed by atoms with E-state index in [2.05, 4.69) is 9.97 Å². The fourth-order valence-corrected chi connectivity index (χ4v) is 2.01. The van der Waals surface area contributed by atoms with Crippen molar-refractivity contribution < 1.29 is 4.74 Å². The summed E-state index contributed by atoms with van der Waals surface area (Å²) in [5.74, 6) is 0.875. The lowest BCUT2D eigenvalue weighted by Crippen LogP contribution is -2.03. The topological polar surface area (TPSA) is 65.4 Å². The first-order valence-corrected chi connectivity index (χ1v) is 6.55. The van der Waals surface area contributed by atoms with Gasteiger partial charge in [-0.15, -0.1) is 0 Å². The highest BCUT2D eigenvalue weighted by Crippen LogP contribution is 2.10. The van der Waals surface area contributed by atoms with Crippen molar-refractivity contribution in [2.75, 3.05) is 6.61 Å². The lowest BCUT2D eigenvalue weighted by molar-refractivity contribution is 0.320. The monoisotopic (exact) mass is 268 g/mol. The molecule has 0 aliphatic rings. The van der Waals surface area contributed by atoms with Gasteiger partial charge in [0.15, 0.2) is 0 Å². The SMILES string of the molecule is NCc1cn2cnc(CCOc3ccccc3)cc2n1. The van der Waals surface area contributed by atoms with Gasteiger partial charge < -0.3 is 10.5 Å². The Morgan fingerprint density at radius 3 is 2.80 bits per heavy atom. The first-order valence-electron chi connectivity index (χ1n) is 6.55. The van der Waals surface area contributed by atoms with Crippen LogP contribution in [-0.2, 0) is 13.0 Å². The summed E-state index contributed by atoms with van der Waals surface area (Å²) in [7, 11) is 0. The molecule has 0 radical (unpaired) electrons. The number of hydrogen-bond donors (Lipinski definition) is 1. The van der Waals surface area contributed by atoms with Crippen LogP contribution in [0.15, 0.2) is 48.9 Å². The number of imidazole rings is 1. The fourth-order valence-electron chi connectivity index (χ4n) is 2.01. The summed E-state index contributed by atoms with van der Waals surface area (Å²) in [6, 6.07) is 11.7. The molecule has 0 atom stereocenters. The van der Waals surface area contributed by atoms with Gasteiger partial charge >= 0.3 is 0 Å². The van der Waals surface area contributed by atoms with Crippen LogP contribution >= 0.6 is 0 Å². The molecule has 102 valence electrons. The molecule has 0 unspecified atom stereocenters. The average Bonchev–Trinajstić information content (AvgIpc) is 2.91. The highest BCUT2D eigenvalue weighted by atomic mass is 16.5. The third-order valence-electron chi connectivity index (χ3n) is 3.03. The van der Waals surface area contributed by atoms with E-state index in [-0.39, 0.29) is 0 Å². The number of hydrogen-bond acceptors (Lipinski definition) is 4. The quantitative estimate of drug-likeness (QED) is 0.766. The lowest BCUT2D eigenvalue weighted by Gasteiger charge is -2.05. The molecule has 20 heavy (non-hydrogen) atoms. The van der Waals surface area contributed by atoms with Crippen molar-refractivity contribution in [1.82, 2.24) is 14.4 Å². The Bertz CT molecular complexity index is 693. The molecule has 0 bridgehead atoms. The average molecular weight is 268 g/mol. The van der Waals surface area contributed by atoms with E-state index in [9.17, 15) is 0 Å². The summed E-state index contributed by atoms with van der Waals surface area (Å²) in [6.45, 7) is 1.03. The molecule has 2 N–H and O–H groups in total. The number of fused-ring (bicyclic) bond motifs is 1. The number of benzene rings is 1. The molecule has 0 saturated carbocycles. The van der Waals surface area contributed by atoms with Crippen LogP contribution in [0.1, 0.15) is 11.4 Å². The smallest absolute Gasteiger partial charge is 0.140 e. The molecule has 0 amide bonds. The van der Waals surface area contributed by atoms with Crippen LogP contribution in [0.4, 0.5) is 0 Å². The van der Waals surface area contributed by atoms with Crippen molar-refractivity contribution in [2.24, 2.45) is 5.73 Å². The Morgan fingerprint density at radius 1 is 1.15 bits per heavy atom. The maximum atomic E-state index is 5.66. The molecule has 2 aromatic heterocycles. The Labute approximate surface area is 117 Å². The minimum atomic E-state index is 0.439. The van der Waals surface area contributed by atoms with E-state index in [4.69, 9.17) is 10.5 Å². The predicted octanol–water partition coefficient (Wildman–Crippen LogP) is 1.81. The van der Waals surface area contributed by atoms with Gasteiger partial charge in [0.2, 0.25) is 0 Å². The Balaban J connectivity index is 1.65. The number of rotatable bonds is 5. The zero-order valence-corrected chi connectivity index (χ0v) is 11.1. The van der Waals surface area contributed by atoms with Crippen molar-refractivity contribution in [3.8, 4) is 5.75 Å². The molecule has 3 aromatic rings. The minimum absolute atomic E-state index is 0.439. The molecule has 5 nitrogen and oxygen atoms in total. The molecule has 5 heteroatoms. The zero-order chi connectivity index (χ0) is 13.8. The molecular formula is C15H16N4O. The Hall–Kier alpha value is -2.40. The molecule has 0 aliphatic heterocycles. The maximum absolute atomic E-state index is 5.66. The third kappa shape index (κ3) is 2.78. The van der Waals surface area contributed by atoms with Gasteiger partial charge in [-0.1, -0.05) is 18.2 Å². The van der Waals surface area contributed by atoms with E-state index in [0.717, 1.165) is 29.2 Å². The molecule has 1 aromatic carbocycles. The van der Waals surface area contributed by atoms with Crippen LogP contribution in [0, 0.1) is 0 Å². The van der Waals surface area contributed by atoms with Crippen molar-refractivity contribution in [3.05, 3.63) is 60.3 Å². The van der Waals surface area contributed by atoms with E-state index in [1.165, 1.54) is 0 Å². The Morgan fingerprint density at radius 2 is 2.00 bits per heavy atom. The van der Waals surface area contributed by atoms with Gasteiger partial charge in [-0.25, -0.2) is 9.97 Å². The highest BCUT2D eigenvalue weighted by Gasteiger charge is 2.03. The Kier molecular flexibility index (Phi) is 3.60. The second-order valence-electron chi connectivity index (χ2n) is 4.49. The van der Waals surface area contributed by atoms with Crippen LogP contribution in [0.25, 0.3) is 5.65 Å². The van der Waals surface area contributed by atoms with Crippen LogP contribution in [-0.4, -0.2) is 21.0 Å². The van der Waals surface area contributed by atoms with E-state index in [0.29, 0.717) is 13.2 Å². The number of nitrogens with zero attached hydrogens (tertiary/aromatic N) is 3. The fraction of sp³-hybridized carbons (Fsp3) is 0.200. The van der Waals surface area contributed by atoms with Gasteiger partial charge in [-0.05, 0) is 12.1 Å². The van der Waals surface area contributed by atoms with Gasteiger partial charge in [0, 0.05) is 30.9 Å². The molecule has 2 heterocycles. The number of ether oxygens (including phenoxy) is 1. The second-order valence-corrected chi connectivity index (χ2v) is 4.49. The summed E-state index contributed by atoms with van der Waals surface area (Å²) in [5, 5.41) is 0. The summed E-state index contributed by atoms with van der Waals surface area (Å²) in [4.78, 5) is 8.80. The molecular weight excluding hydrogens is 252 g/mol. The van der Waals surface area contributed by atoms with Crippen molar-refractivity contribution in [3.63, 3.8) is 0 Å². The summed E-state index contributed by atoms with van der Waals surface area (Å²) in [6.07, 6.45) is 4.40. The maximum Gasteiger partial charge on any atom is 0.140 e. The molecule has 0 spiro atoms. The van der Waals surface area contributed by atoms with Crippen molar-refractivity contribution in [2.45, 2.75) is 13.0 Å². The van der Waals surface area contributed by atoms with Crippen LogP contribution < -0.4 is 10.5 Å². The van der Waals surface area contributed by atoms with Crippen molar-refractivity contribution >= 4 is 5.65 Å². The predicted molar refractivity (Wildman–Crippen MR) is 76.5 cm³/mol. The number of para-hydroxylation sites is 1. The first-order chi connectivity index (χ1) is 9.85. The first kappa shape index (κ1) is 12.6. The number of nitrogens with two attached hydrogens (primary N) is 1. The van der Waals surface area contributed by atoms with Gasteiger partial charge in [0.05, 0.1) is 12.3 Å². The molecule has 0 fully saturated rings. The lowest BCUT2D eigenvalue weighted by atomic mass is 10.3. The van der Waals surface area contributed by atoms with E-state index >= 15 is 0 Å². The van der Waals surface area contributed by atoms with Gasteiger partial charge in [-0.3, -0.25) is 4.40 Å². The van der Waals surface area contributed by atoms with E-state index < -0.39 is 0 Å². The van der Waals surface area contributed by atoms with Crippen molar-refractivity contribution in [1.29, 1.82) is 0 Å². The van der Waals surface area contributed by atoms with Crippen LogP contribution in [0.3, 0.4) is 0 Å². The standard InChI is InChI=1S/C15H16N4O/c16-9-13-10-19-11-17-12(8-15(19)18-13)6-7-20-14-4-2-1-3-5-14/h1-5,8,10-11H,6-7,9,16H2. The zero-order valence-electron chi connectivity index (χ0n) is 11.1. The minimum Gasteiger partial charge on any atom is -0.493 e. The largest absolute Gasteiger partial charge is 0.493 e. The number of aromatic nitrogens is 3. The molecule has 0 saturated heterocycles. The summed E-state index contributed by atoms with van der Waals surface area (Å²) < 4.78 is 7.54. The highest BCUT2D eigenvalue weighted by molar-refractivity contribution is 5.40. The molecule has 0 aliphatic carbocycles. The second kappa shape index (κ2) is 5.71. The summed E-state index contributed by atoms with van der Waals surface area (Å²) >= 11 is 0. The van der Waals surface area contributed by atoms with Crippen LogP contribution in [0.2, 0.25) is 0 Å². The molecule has 3 rings (SSSR count). The van der Waals surface area contributed by atoms with E-state index in [1.807, 2.05) is 47.0 Å². The van der Waals surface area contributed by atoms with Gasteiger partial charge in [0.25, 0.3) is 0 Å². The summed E-state index contributed by atoms with van der Waals surface area (Å²) in [5.41, 5.74) is 8.28.